The van der Waals surface area contributed by atoms with E-state index < -0.39 is 0 Å². The van der Waals surface area contributed by atoms with Crippen molar-refractivity contribution in [2.24, 2.45) is 0 Å². The summed E-state index contributed by atoms with van der Waals surface area (Å²) in [6, 6.07) is 11.9. The van der Waals surface area contributed by atoms with Crippen LogP contribution in [0.5, 0.6) is 0 Å². The lowest BCUT2D eigenvalue weighted by molar-refractivity contribution is -0.115. The monoisotopic (exact) mass is 350 g/mol. The van der Waals surface area contributed by atoms with Gasteiger partial charge in [-0.05, 0) is 35.9 Å². The molecule has 2 aromatic carbocycles. The van der Waals surface area contributed by atoms with Crippen LogP contribution in [0.4, 0.5) is 15.8 Å². The Morgan fingerprint density at radius 1 is 1.19 bits per heavy atom. The molecule has 0 bridgehead atoms. The van der Waals surface area contributed by atoms with Gasteiger partial charge in [-0.1, -0.05) is 28.1 Å². The molecule has 21 heavy (non-hydrogen) atoms. The van der Waals surface area contributed by atoms with Crippen molar-refractivity contribution in [3.05, 3.63) is 58.3 Å². The quantitative estimate of drug-likeness (QED) is 0.908. The molecule has 3 nitrogen and oxygen atoms in total. The summed E-state index contributed by atoms with van der Waals surface area (Å²) in [5.41, 5.74) is 2.14. The number of halogens is 2. The number of benzene rings is 2. The van der Waals surface area contributed by atoms with Gasteiger partial charge < -0.3 is 10.2 Å². The van der Waals surface area contributed by atoms with Gasteiger partial charge in [0.05, 0.1) is 17.8 Å². The summed E-state index contributed by atoms with van der Waals surface area (Å²) in [6.45, 7) is 0. The van der Waals surface area contributed by atoms with Crippen LogP contribution in [-0.4, -0.2) is 20.0 Å². The number of carbonyl (C=O) groups excluding carboxylic acids is 1. The van der Waals surface area contributed by atoms with E-state index in [1.807, 2.05) is 43.3 Å². The molecule has 110 valence electrons. The molecule has 0 spiro atoms. The highest BCUT2D eigenvalue weighted by molar-refractivity contribution is 9.10. The van der Waals surface area contributed by atoms with E-state index in [0.717, 1.165) is 15.7 Å². The molecule has 0 atom stereocenters. The van der Waals surface area contributed by atoms with Gasteiger partial charge in [0.2, 0.25) is 5.91 Å². The summed E-state index contributed by atoms with van der Waals surface area (Å²) < 4.78 is 14.3. The van der Waals surface area contributed by atoms with Crippen LogP contribution in [0.2, 0.25) is 0 Å². The van der Waals surface area contributed by atoms with Gasteiger partial charge in [0, 0.05) is 18.6 Å². The SMILES string of the molecule is CN(C)c1ccc(F)cc1NC(=O)Cc1ccc(Br)cc1. The van der Waals surface area contributed by atoms with Crippen molar-refractivity contribution in [1.82, 2.24) is 0 Å². The largest absolute Gasteiger partial charge is 0.376 e. The summed E-state index contributed by atoms with van der Waals surface area (Å²) in [5, 5.41) is 2.76. The minimum Gasteiger partial charge on any atom is -0.376 e. The maximum absolute atomic E-state index is 13.4. The van der Waals surface area contributed by atoms with Crippen molar-refractivity contribution < 1.29 is 9.18 Å². The van der Waals surface area contributed by atoms with Crippen LogP contribution in [-0.2, 0) is 11.2 Å². The minimum absolute atomic E-state index is 0.175. The molecular weight excluding hydrogens is 335 g/mol. The van der Waals surface area contributed by atoms with E-state index in [-0.39, 0.29) is 18.1 Å². The molecule has 0 heterocycles. The Kier molecular flexibility index (Phi) is 4.96. The first-order valence-corrected chi connectivity index (χ1v) is 7.26. The highest BCUT2D eigenvalue weighted by Gasteiger charge is 2.10. The van der Waals surface area contributed by atoms with Crippen LogP contribution in [0.3, 0.4) is 0 Å². The highest BCUT2D eigenvalue weighted by atomic mass is 79.9. The fourth-order valence-electron chi connectivity index (χ4n) is 1.98. The minimum atomic E-state index is -0.375. The fraction of sp³-hybridized carbons (Fsp3) is 0.188. The third kappa shape index (κ3) is 4.29. The number of nitrogens with zero attached hydrogens (tertiary/aromatic N) is 1. The lowest BCUT2D eigenvalue weighted by atomic mass is 10.1. The predicted octanol–water partition coefficient (Wildman–Crippen LogP) is 3.84. The van der Waals surface area contributed by atoms with Crippen LogP contribution in [0, 0.1) is 5.82 Å². The van der Waals surface area contributed by atoms with Crippen LogP contribution >= 0.6 is 15.9 Å². The number of rotatable bonds is 4. The molecule has 1 amide bonds. The molecule has 0 unspecified atom stereocenters. The second kappa shape index (κ2) is 6.72. The molecule has 5 heteroatoms. The zero-order valence-electron chi connectivity index (χ0n) is 11.9. The number of hydrogen-bond acceptors (Lipinski definition) is 2. The zero-order chi connectivity index (χ0) is 15.4. The highest BCUT2D eigenvalue weighted by Crippen LogP contribution is 2.25. The Balaban J connectivity index is 2.12. The van der Waals surface area contributed by atoms with Crippen LogP contribution in [0.25, 0.3) is 0 Å². The Bertz CT molecular complexity index is 641. The lowest BCUT2D eigenvalue weighted by Crippen LogP contribution is -2.18. The first kappa shape index (κ1) is 15.5. The van der Waals surface area contributed by atoms with E-state index in [1.165, 1.54) is 12.1 Å². The molecule has 1 N–H and O–H groups in total. The van der Waals surface area contributed by atoms with Crippen molar-refractivity contribution >= 4 is 33.2 Å². The molecule has 0 aromatic heterocycles. The maximum Gasteiger partial charge on any atom is 0.228 e. The lowest BCUT2D eigenvalue weighted by Gasteiger charge is -2.18. The molecule has 0 saturated carbocycles. The Labute approximate surface area is 131 Å². The van der Waals surface area contributed by atoms with Gasteiger partial charge >= 0.3 is 0 Å². The molecule has 2 rings (SSSR count). The van der Waals surface area contributed by atoms with Gasteiger partial charge in [-0.3, -0.25) is 4.79 Å². The average Bonchev–Trinajstić information content (AvgIpc) is 2.41. The van der Waals surface area contributed by atoms with Crippen molar-refractivity contribution in [1.29, 1.82) is 0 Å². The van der Waals surface area contributed by atoms with Crippen molar-refractivity contribution in [3.8, 4) is 0 Å². The number of anilines is 2. The molecule has 2 aromatic rings. The normalized spacial score (nSPS) is 10.3. The van der Waals surface area contributed by atoms with Gasteiger partial charge in [0.1, 0.15) is 5.82 Å². The second-order valence-corrected chi connectivity index (χ2v) is 5.82. The zero-order valence-corrected chi connectivity index (χ0v) is 13.4. The van der Waals surface area contributed by atoms with Gasteiger partial charge in [-0.25, -0.2) is 4.39 Å². The predicted molar refractivity (Wildman–Crippen MR) is 87.2 cm³/mol. The van der Waals surface area contributed by atoms with Crippen molar-refractivity contribution in [3.63, 3.8) is 0 Å². The topological polar surface area (TPSA) is 32.3 Å². The Hall–Kier alpha value is -1.88. The summed E-state index contributed by atoms with van der Waals surface area (Å²) in [7, 11) is 3.69. The van der Waals surface area contributed by atoms with Gasteiger partial charge in [-0.15, -0.1) is 0 Å². The van der Waals surface area contributed by atoms with Crippen LogP contribution in [0.1, 0.15) is 5.56 Å². The summed E-state index contributed by atoms with van der Waals surface area (Å²) in [6.07, 6.45) is 0.247. The molecule has 0 saturated heterocycles. The van der Waals surface area contributed by atoms with Crippen molar-refractivity contribution in [2.75, 3.05) is 24.3 Å². The number of amides is 1. The number of hydrogen-bond donors (Lipinski definition) is 1. The van der Waals surface area contributed by atoms with E-state index >= 15 is 0 Å². The fourth-order valence-corrected chi connectivity index (χ4v) is 2.24. The van der Waals surface area contributed by atoms with E-state index in [9.17, 15) is 9.18 Å². The standard InChI is InChI=1S/C16H16BrFN2O/c1-20(2)15-8-7-13(18)10-14(15)19-16(21)9-11-3-5-12(17)6-4-11/h3-8,10H,9H2,1-2H3,(H,19,21). The molecular formula is C16H16BrFN2O. The molecule has 0 aliphatic carbocycles. The van der Waals surface area contributed by atoms with Gasteiger partial charge in [-0.2, -0.15) is 0 Å². The molecule has 0 aliphatic heterocycles. The first-order valence-electron chi connectivity index (χ1n) is 6.47. The van der Waals surface area contributed by atoms with Crippen LogP contribution in [0.15, 0.2) is 46.9 Å². The number of carbonyl (C=O) groups is 1. The molecule has 0 fully saturated rings. The van der Waals surface area contributed by atoms with E-state index in [1.54, 1.807) is 6.07 Å². The Morgan fingerprint density at radius 3 is 2.48 bits per heavy atom. The van der Waals surface area contributed by atoms with E-state index in [2.05, 4.69) is 21.2 Å². The van der Waals surface area contributed by atoms with E-state index in [0.29, 0.717) is 5.69 Å². The van der Waals surface area contributed by atoms with Gasteiger partial charge in [0.25, 0.3) is 0 Å². The summed E-state index contributed by atoms with van der Waals surface area (Å²) >= 11 is 3.35. The molecule has 0 radical (unpaired) electrons. The molecule has 0 aliphatic rings. The smallest absolute Gasteiger partial charge is 0.228 e. The average molecular weight is 351 g/mol. The maximum atomic E-state index is 13.4. The van der Waals surface area contributed by atoms with E-state index in [4.69, 9.17) is 0 Å². The van der Waals surface area contributed by atoms with Crippen molar-refractivity contribution in [2.45, 2.75) is 6.42 Å². The van der Waals surface area contributed by atoms with Crippen LogP contribution < -0.4 is 10.2 Å². The third-order valence-electron chi connectivity index (χ3n) is 2.99. The summed E-state index contributed by atoms with van der Waals surface area (Å²) in [4.78, 5) is 13.9. The third-order valence-corrected chi connectivity index (χ3v) is 3.52. The number of nitrogens with one attached hydrogen (secondary N) is 1. The Morgan fingerprint density at radius 2 is 1.86 bits per heavy atom. The summed E-state index contributed by atoms with van der Waals surface area (Å²) in [5.74, 6) is -0.550. The van der Waals surface area contributed by atoms with Gasteiger partial charge in [0.15, 0.2) is 0 Å². The second-order valence-electron chi connectivity index (χ2n) is 4.91. The first-order chi connectivity index (χ1) is 9.95.